The highest BCUT2D eigenvalue weighted by Crippen LogP contribution is 2.27. The summed E-state index contributed by atoms with van der Waals surface area (Å²) in [6.45, 7) is 2.00. The molecule has 6 nitrogen and oxygen atoms in total. The molecule has 0 bridgehead atoms. The van der Waals surface area contributed by atoms with E-state index in [0.29, 0.717) is 0 Å². The van der Waals surface area contributed by atoms with Crippen molar-refractivity contribution >= 4 is 22.6 Å². The lowest BCUT2D eigenvalue weighted by molar-refractivity contribution is -0.0979. The van der Waals surface area contributed by atoms with Gasteiger partial charge in [-0.3, -0.25) is 4.55 Å². The second-order valence-corrected chi connectivity index (χ2v) is 3.53. The summed E-state index contributed by atoms with van der Waals surface area (Å²) in [4.78, 5) is 7.35. The van der Waals surface area contributed by atoms with Gasteiger partial charge in [0.1, 0.15) is 12.5 Å². The maximum absolute atomic E-state index is 10.6. The van der Waals surface area contributed by atoms with E-state index in [4.69, 9.17) is 20.2 Å². The molecule has 0 radical (unpaired) electrons. The van der Waals surface area contributed by atoms with E-state index in [-0.39, 0.29) is 5.69 Å². The average Bonchev–Trinajstić information content (AvgIpc) is 2.05. The van der Waals surface area contributed by atoms with Crippen LogP contribution in [0.5, 0.6) is 5.75 Å². The number of carbonyl (C=O) groups is 1. The zero-order chi connectivity index (χ0) is 11.4. The zero-order valence-corrected chi connectivity index (χ0v) is 7.86. The number of nitrogen functional groups attached to an aromatic ring is 1. The molecule has 0 spiro atoms. The van der Waals surface area contributed by atoms with Gasteiger partial charge in [-0.15, -0.1) is 0 Å². The lowest BCUT2D eigenvalue weighted by atomic mass is 10.3. The van der Waals surface area contributed by atoms with E-state index in [2.05, 4.69) is 0 Å². The van der Waals surface area contributed by atoms with Gasteiger partial charge in [-0.1, -0.05) is 6.07 Å². The minimum atomic E-state index is -4.44. The molecule has 0 amide bonds. The summed E-state index contributed by atoms with van der Waals surface area (Å²) < 4.78 is 29.8. The summed E-state index contributed by atoms with van der Waals surface area (Å²) in [5, 5.41) is 9.01. The van der Waals surface area contributed by atoms with Gasteiger partial charge in [0.2, 0.25) is 0 Å². The molecule has 0 fully saturated rings. The Kier molecular flexibility index (Phi) is 4.06. The van der Waals surface area contributed by atoms with Gasteiger partial charge in [0.25, 0.3) is 10.1 Å². The van der Waals surface area contributed by atoms with Crippen molar-refractivity contribution in [3.05, 3.63) is 18.2 Å². The predicted molar refractivity (Wildman–Crippen MR) is 49.5 cm³/mol. The van der Waals surface area contributed by atoms with Crippen LogP contribution in [0.4, 0.5) is 5.69 Å². The Morgan fingerprint density at radius 2 is 1.79 bits per heavy atom. The Labute approximate surface area is 80.7 Å². The van der Waals surface area contributed by atoms with Gasteiger partial charge in [-0.2, -0.15) is 8.42 Å². The summed E-state index contributed by atoms with van der Waals surface area (Å²) >= 11 is 0. The van der Waals surface area contributed by atoms with Crippen LogP contribution in [-0.2, 0) is 14.9 Å². The second-order valence-electron chi connectivity index (χ2n) is 2.17. The first kappa shape index (κ1) is 12.4. The van der Waals surface area contributed by atoms with Gasteiger partial charge in [-0.05, 0) is 12.1 Å². The molecule has 0 saturated heterocycles. The molecule has 0 aliphatic rings. The van der Waals surface area contributed by atoms with Crippen molar-refractivity contribution in [2.24, 2.45) is 0 Å². The third-order valence-corrected chi connectivity index (χ3v) is 2.24. The van der Waals surface area contributed by atoms with Gasteiger partial charge in [0.15, 0.2) is 4.90 Å². The molecule has 0 aliphatic carbocycles. The van der Waals surface area contributed by atoms with Gasteiger partial charge in [0.05, 0.1) is 5.69 Å². The fourth-order valence-electron chi connectivity index (χ4n) is 0.823. The second kappa shape index (κ2) is 4.58. The van der Waals surface area contributed by atoms with Gasteiger partial charge in [-0.25, -0.2) is 0 Å². The number of phenolic OH excluding ortho intramolecular Hbond substituents is 1. The summed E-state index contributed by atoms with van der Waals surface area (Å²) in [6.07, 6.45) is 0. The Hall–Kier alpha value is -1.60. The van der Waals surface area contributed by atoms with Crippen molar-refractivity contribution in [1.82, 2.24) is 0 Å². The topological polar surface area (TPSA) is 118 Å². The van der Waals surface area contributed by atoms with Crippen LogP contribution in [0.15, 0.2) is 23.1 Å². The number of rotatable bonds is 1. The quantitative estimate of drug-likeness (QED) is 0.453. The standard InChI is InChI=1S/C6H7NO4S.CH2O/c7-4-2-1-3-5(8)6(4)12(9,10)11;1-2/h1-3,8H,7H2,(H,9,10,11);1H2. The van der Waals surface area contributed by atoms with Crippen molar-refractivity contribution in [1.29, 1.82) is 0 Å². The summed E-state index contributed by atoms with van der Waals surface area (Å²) in [5.41, 5.74) is 5.03. The molecule has 0 atom stereocenters. The van der Waals surface area contributed by atoms with Gasteiger partial charge < -0.3 is 15.6 Å². The normalized spacial score (nSPS) is 10.1. The van der Waals surface area contributed by atoms with E-state index in [1.54, 1.807) is 0 Å². The third-order valence-electron chi connectivity index (χ3n) is 1.28. The highest BCUT2D eigenvalue weighted by atomic mass is 32.2. The number of nitrogens with two attached hydrogens (primary N) is 1. The number of anilines is 1. The van der Waals surface area contributed by atoms with Crippen molar-refractivity contribution < 1.29 is 22.9 Å². The minimum absolute atomic E-state index is 0.183. The first-order valence-corrected chi connectivity index (χ1v) is 4.71. The molecule has 1 rings (SSSR count). The molecule has 0 unspecified atom stereocenters. The van der Waals surface area contributed by atoms with Crippen molar-refractivity contribution in [3.8, 4) is 5.75 Å². The maximum Gasteiger partial charge on any atom is 0.300 e. The zero-order valence-electron chi connectivity index (χ0n) is 7.04. The SMILES string of the molecule is C=O.Nc1cccc(O)c1S(=O)(=O)O. The smallest absolute Gasteiger partial charge is 0.300 e. The highest BCUT2D eigenvalue weighted by Gasteiger charge is 2.18. The van der Waals surface area contributed by atoms with E-state index >= 15 is 0 Å². The molecule has 7 heteroatoms. The molecule has 4 N–H and O–H groups in total. The molecule has 1 aromatic rings. The average molecular weight is 219 g/mol. The van der Waals surface area contributed by atoms with Crippen molar-refractivity contribution in [2.75, 3.05) is 5.73 Å². The lowest BCUT2D eigenvalue weighted by Crippen LogP contribution is -2.02. The van der Waals surface area contributed by atoms with Crippen LogP contribution in [0.3, 0.4) is 0 Å². The molecule has 0 aliphatic heterocycles. The van der Waals surface area contributed by atoms with Crippen molar-refractivity contribution in [3.63, 3.8) is 0 Å². The Morgan fingerprint density at radius 3 is 2.07 bits per heavy atom. The molecule has 14 heavy (non-hydrogen) atoms. The molecule has 0 saturated carbocycles. The number of aromatic hydroxyl groups is 1. The number of hydrogen-bond donors (Lipinski definition) is 3. The largest absolute Gasteiger partial charge is 0.506 e. The van der Waals surface area contributed by atoms with Crippen LogP contribution < -0.4 is 5.73 Å². The third kappa shape index (κ3) is 2.71. The van der Waals surface area contributed by atoms with Crippen LogP contribution in [-0.4, -0.2) is 24.9 Å². The van der Waals surface area contributed by atoms with Crippen molar-refractivity contribution in [2.45, 2.75) is 4.90 Å². The maximum atomic E-state index is 10.6. The van der Waals surface area contributed by atoms with Crippen LogP contribution in [0, 0.1) is 0 Å². The highest BCUT2D eigenvalue weighted by molar-refractivity contribution is 7.86. The molecule has 0 heterocycles. The van der Waals surface area contributed by atoms with E-state index in [1.807, 2.05) is 6.79 Å². The van der Waals surface area contributed by atoms with E-state index in [9.17, 15) is 8.42 Å². The first-order valence-electron chi connectivity index (χ1n) is 3.27. The van der Waals surface area contributed by atoms with Gasteiger partial charge in [0, 0.05) is 0 Å². The fourth-order valence-corrected chi connectivity index (χ4v) is 1.52. The van der Waals surface area contributed by atoms with Gasteiger partial charge >= 0.3 is 0 Å². The van der Waals surface area contributed by atoms with E-state index in [0.717, 1.165) is 6.07 Å². The molecule has 1 aromatic carbocycles. The lowest BCUT2D eigenvalue weighted by Gasteiger charge is -2.02. The molecular formula is C7H9NO5S. The molecule has 0 aromatic heterocycles. The Balaban J connectivity index is 0.000000791. The number of benzene rings is 1. The van der Waals surface area contributed by atoms with Crippen LogP contribution in [0.1, 0.15) is 0 Å². The monoisotopic (exact) mass is 219 g/mol. The number of hydrogen-bond acceptors (Lipinski definition) is 5. The van der Waals surface area contributed by atoms with E-state index < -0.39 is 20.8 Å². The fraction of sp³-hybridized carbons (Fsp3) is 0. The first-order chi connectivity index (χ1) is 6.43. The minimum Gasteiger partial charge on any atom is -0.506 e. The number of carbonyl (C=O) groups excluding carboxylic acids is 1. The Morgan fingerprint density at radius 1 is 1.29 bits per heavy atom. The van der Waals surface area contributed by atoms with E-state index in [1.165, 1.54) is 12.1 Å². The predicted octanol–water partition coefficient (Wildman–Crippen LogP) is 0.0362. The summed E-state index contributed by atoms with van der Waals surface area (Å²) in [5.74, 6) is -0.558. The molecule has 78 valence electrons. The summed E-state index contributed by atoms with van der Waals surface area (Å²) in [7, 11) is -4.44. The number of phenols is 1. The summed E-state index contributed by atoms with van der Waals surface area (Å²) in [6, 6.07) is 3.77. The van der Waals surface area contributed by atoms with Crippen LogP contribution in [0.2, 0.25) is 0 Å². The Bertz CT molecular complexity index is 394. The molecular weight excluding hydrogens is 210 g/mol. The van der Waals surface area contributed by atoms with Crippen LogP contribution in [0.25, 0.3) is 0 Å². The van der Waals surface area contributed by atoms with Crippen LogP contribution >= 0.6 is 0 Å².